The van der Waals surface area contributed by atoms with Crippen molar-refractivity contribution in [3.63, 3.8) is 0 Å². The van der Waals surface area contributed by atoms with Gasteiger partial charge in [-0.05, 0) is 23.9 Å². The molecule has 9 heteroatoms. The van der Waals surface area contributed by atoms with Crippen LogP contribution in [0.5, 0.6) is 0 Å². The fraction of sp³-hybridized carbons (Fsp3) is 0.529. The van der Waals surface area contributed by atoms with Crippen molar-refractivity contribution in [3.05, 3.63) is 35.4 Å². The van der Waals surface area contributed by atoms with Gasteiger partial charge in [0.2, 0.25) is 0 Å². The normalized spacial score (nSPS) is 15.2. The molecule has 0 fully saturated rings. The van der Waals surface area contributed by atoms with Crippen LogP contribution in [0.4, 0.5) is 0 Å². The maximum absolute atomic E-state index is 12.5. The third-order valence-electron chi connectivity index (χ3n) is 3.95. The molecule has 0 radical (unpaired) electrons. The third kappa shape index (κ3) is 5.54. The van der Waals surface area contributed by atoms with E-state index in [-0.39, 0.29) is 24.0 Å². The minimum absolute atomic E-state index is 0.115. The summed E-state index contributed by atoms with van der Waals surface area (Å²) in [4.78, 5) is 24.8. The summed E-state index contributed by atoms with van der Waals surface area (Å²) in [6.07, 6.45) is 1.34. The second-order valence-electron chi connectivity index (χ2n) is 5.78. The van der Waals surface area contributed by atoms with Crippen LogP contribution in [0.25, 0.3) is 0 Å². The number of benzene rings is 1. The smallest absolute Gasteiger partial charge is 0.277 e. The molecule has 0 N–H and O–H groups in total. The lowest BCUT2D eigenvalue weighted by molar-refractivity contribution is 0.0969. The van der Waals surface area contributed by atoms with E-state index in [1.54, 1.807) is 13.8 Å². The molecule has 1 aromatic carbocycles. The summed E-state index contributed by atoms with van der Waals surface area (Å²) >= 11 is -2.53. The molecule has 0 bridgehead atoms. The van der Waals surface area contributed by atoms with E-state index in [9.17, 15) is 26.8 Å². The predicted molar refractivity (Wildman–Crippen MR) is 97.3 cm³/mol. The zero-order valence-electron chi connectivity index (χ0n) is 15.0. The highest BCUT2D eigenvalue weighted by Gasteiger charge is 2.32. The first-order chi connectivity index (χ1) is 12.2. The van der Waals surface area contributed by atoms with Crippen molar-refractivity contribution in [2.45, 2.75) is 50.0 Å². The Morgan fingerprint density at radius 1 is 1.04 bits per heavy atom. The Kier molecular flexibility index (Phi) is 8.75. The number of hydrogen-bond acceptors (Lipinski definition) is 7. The topological polar surface area (TPSA) is 118 Å². The van der Waals surface area contributed by atoms with Gasteiger partial charge < -0.3 is 4.55 Å². The molecular formula is C17H23O7S2-. The fourth-order valence-corrected chi connectivity index (χ4v) is 4.43. The Labute approximate surface area is 156 Å². The minimum Gasteiger partial charge on any atom is -0.772 e. The molecule has 3 unspecified atom stereocenters. The first-order valence-corrected chi connectivity index (χ1v) is 10.9. The molecule has 0 aromatic heterocycles. The largest absolute Gasteiger partial charge is 0.772 e. The van der Waals surface area contributed by atoms with Crippen molar-refractivity contribution in [1.29, 1.82) is 0 Å². The van der Waals surface area contributed by atoms with Gasteiger partial charge in [0.15, 0.2) is 11.6 Å². The molecule has 0 heterocycles. The Balaban J connectivity index is 3.10. The van der Waals surface area contributed by atoms with Gasteiger partial charge in [0.25, 0.3) is 10.1 Å². The van der Waals surface area contributed by atoms with Crippen LogP contribution >= 0.6 is 0 Å². The van der Waals surface area contributed by atoms with Crippen LogP contribution in [0.2, 0.25) is 0 Å². The molecule has 0 saturated heterocycles. The van der Waals surface area contributed by atoms with Crippen LogP contribution in [-0.2, 0) is 25.4 Å². The predicted octanol–water partition coefficient (Wildman–Crippen LogP) is 2.24. The summed E-state index contributed by atoms with van der Waals surface area (Å²) in [5.41, 5.74) is 0.279. The van der Waals surface area contributed by atoms with E-state index < -0.39 is 43.3 Å². The van der Waals surface area contributed by atoms with Crippen LogP contribution < -0.4 is 0 Å². The van der Waals surface area contributed by atoms with Crippen molar-refractivity contribution in [2.24, 2.45) is 0 Å². The van der Waals surface area contributed by atoms with Crippen molar-refractivity contribution in [3.8, 4) is 0 Å². The van der Waals surface area contributed by atoms with Crippen LogP contribution in [0.1, 0.15) is 60.2 Å². The number of carbonyl (C=O) groups excluding carboxylic acids is 2. The van der Waals surface area contributed by atoms with Gasteiger partial charge in [-0.2, -0.15) is 8.42 Å². The molecule has 26 heavy (non-hydrogen) atoms. The highest BCUT2D eigenvalue weighted by molar-refractivity contribution is 7.88. The standard InChI is InChI=1S/C17H24O7S2/c1-4-6-14(25(20)21)16(18)12-8-10-13(11-9-12)17(19)15(7-5-2)26(22,23)24-3/h8-11,14-15H,4-7H2,1-3H3,(H,20,21)/p-1. The van der Waals surface area contributed by atoms with Gasteiger partial charge in [-0.25, -0.2) is 0 Å². The fourth-order valence-electron chi connectivity index (χ4n) is 2.53. The number of rotatable bonds is 11. The van der Waals surface area contributed by atoms with Gasteiger partial charge in [0, 0.05) is 11.1 Å². The van der Waals surface area contributed by atoms with Gasteiger partial charge >= 0.3 is 0 Å². The van der Waals surface area contributed by atoms with Crippen LogP contribution in [0.15, 0.2) is 24.3 Å². The molecule has 0 saturated carbocycles. The average Bonchev–Trinajstić information content (AvgIpc) is 2.62. The Morgan fingerprint density at radius 3 is 1.88 bits per heavy atom. The van der Waals surface area contributed by atoms with E-state index in [2.05, 4.69) is 4.18 Å². The highest BCUT2D eigenvalue weighted by Crippen LogP contribution is 2.19. The van der Waals surface area contributed by atoms with E-state index in [0.717, 1.165) is 7.11 Å². The van der Waals surface area contributed by atoms with Gasteiger partial charge in [0.05, 0.1) is 12.4 Å². The highest BCUT2D eigenvalue weighted by atomic mass is 32.2. The molecule has 146 valence electrons. The summed E-state index contributed by atoms with van der Waals surface area (Å²) in [6, 6.07) is 5.35. The van der Waals surface area contributed by atoms with E-state index in [1.165, 1.54) is 24.3 Å². The minimum atomic E-state index is -4.03. The molecule has 7 nitrogen and oxygen atoms in total. The summed E-state index contributed by atoms with van der Waals surface area (Å²) in [5.74, 6) is -1.17. The van der Waals surface area contributed by atoms with Crippen molar-refractivity contribution in [2.75, 3.05) is 7.11 Å². The maximum atomic E-state index is 12.5. The molecular weight excluding hydrogens is 380 g/mol. The summed E-state index contributed by atoms with van der Waals surface area (Å²) in [7, 11) is -3.02. The van der Waals surface area contributed by atoms with Crippen LogP contribution in [0, 0.1) is 0 Å². The Bertz CT molecular complexity index is 754. The second-order valence-corrected chi connectivity index (χ2v) is 8.76. The van der Waals surface area contributed by atoms with E-state index >= 15 is 0 Å². The molecule has 0 aliphatic carbocycles. The van der Waals surface area contributed by atoms with Crippen molar-refractivity contribution in [1.82, 2.24) is 0 Å². The monoisotopic (exact) mass is 403 g/mol. The van der Waals surface area contributed by atoms with Crippen LogP contribution in [-0.4, -0.2) is 46.4 Å². The van der Waals surface area contributed by atoms with Gasteiger partial charge in [-0.1, -0.05) is 51.0 Å². The lowest BCUT2D eigenvalue weighted by atomic mass is 10.00. The molecule has 0 aliphatic rings. The third-order valence-corrected chi connectivity index (χ3v) is 6.48. The van der Waals surface area contributed by atoms with Gasteiger partial charge in [0.1, 0.15) is 5.25 Å². The van der Waals surface area contributed by atoms with Crippen molar-refractivity contribution < 1.29 is 31.0 Å². The Hall–Kier alpha value is -1.42. The molecule has 1 aromatic rings. The maximum Gasteiger partial charge on any atom is 0.277 e. The van der Waals surface area contributed by atoms with E-state index in [1.807, 2.05) is 0 Å². The average molecular weight is 403 g/mol. The number of ketones is 2. The van der Waals surface area contributed by atoms with Crippen molar-refractivity contribution >= 4 is 32.8 Å². The molecule has 0 aliphatic heterocycles. The lowest BCUT2D eigenvalue weighted by Gasteiger charge is -2.18. The first-order valence-electron chi connectivity index (χ1n) is 8.25. The SMILES string of the molecule is CCCC(C(=O)c1ccc(C(=O)C(CCC)S(=O)(=O)OC)cc1)S(=O)[O-]. The summed E-state index contributed by atoms with van der Waals surface area (Å²) in [5, 5.41) is -2.45. The number of hydrogen-bond donors (Lipinski definition) is 0. The van der Waals surface area contributed by atoms with Crippen LogP contribution in [0.3, 0.4) is 0 Å². The first kappa shape index (κ1) is 22.6. The quantitative estimate of drug-likeness (QED) is 0.316. The molecule has 0 amide bonds. The lowest BCUT2D eigenvalue weighted by Crippen LogP contribution is -2.31. The van der Waals surface area contributed by atoms with E-state index in [4.69, 9.17) is 0 Å². The molecule has 3 atom stereocenters. The van der Waals surface area contributed by atoms with Gasteiger partial charge in [-0.3, -0.25) is 18.0 Å². The molecule has 1 rings (SSSR count). The Morgan fingerprint density at radius 2 is 1.50 bits per heavy atom. The number of Topliss-reactive ketones (excluding diaryl/α,β-unsaturated/α-hetero) is 2. The zero-order chi connectivity index (χ0) is 19.9. The molecule has 0 spiro atoms. The zero-order valence-corrected chi connectivity index (χ0v) is 16.6. The summed E-state index contributed by atoms with van der Waals surface area (Å²) in [6.45, 7) is 3.53. The second kappa shape index (κ2) is 10.1. The number of carbonyl (C=O) groups is 2. The summed E-state index contributed by atoms with van der Waals surface area (Å²) < 4.78 is 50.8. The van der Waals surface area contributed by atoms with Gasteiger partial charge in [-0.15, -0.1) is 0 Å². The van der Waals surface area contributed by atoms with E-state index in [0.29, 0.717) is 12.8 Å².